The minimum atomic E-state index is -1.24. The molecule has 0 aromatic heterocycles. The Morgan fingerprint density at radius 3 is 1.32 bits per heavy atom. The van der Waals surface area contributed by atoms with E-state index in [9.17, 15) is 24.3 Å². The van der Waals surface area contributed by atoms with E-state index in [0.29, 0.717) is 65.4 Å². The molecule has 0 heterocycles. The van der Waals surface area contributed by atoms with Crippen LogP contribution < -0.4 is 16.0 Å². The van der Waals surface area contributed by atoms with Crippen LogP contribution in [-0.4, -0.2) is 134 Å². The Hall–Kier alpha value is -2.10. The van der Waals surface area contributed by atoms with E-state index >= 15 is 0 Å². The zero-order valence-corrected chi connectivity index (χ0v) is 54.8. The van der Waals surface area contributed by atoms with Gasteiger partial charge in [0.15, 0.2) is 0 Å². The van der Waals surface area contributed by atoms with Crippen LogP contribution in [0.4, 0.5) is 4.79 Å². The molecule has 4 N–H and O–H groups in total. The zero-order valence-electron chi connectivity index (χ0n) is 53.0. The van der Waals surface area contributed by atoms with Gasteiger partial charge in [-0.1, -0.05) is 161 Å². The SMILES string of the molecule is C=CCOP(OCCNC(=O)NCCOP(OCC=C)N(C(C)C)C(C)C)N(C(C)C)C(C)C.CCCCCCCCCCCC(=O)CC(=O)N[C@@H](CO)COCC[C@@H](CCCCCCC)OC(=O)CCCCCCCCCCC. The number of carbonyl (C=O) groups is 4. The molecule has 0 aromatic carbocycles. The molecule has 0 rings (SSSR count). The van der Waals surface area contributed by atoms with E-state index in [0.717, 1.165) is 51.4 Å². The van der Waals surface area contributed by atoms with Crippen molar-refractivity contribution >= 4 is 40.7 Å². The van der Waals surface area contributed by atoms with Gasteiger partial charge in [-0.2, -0.15) is 0 Å². The summed E-state index contributed by atoms with van der Waals surface area (Å²) in [6, 6.07) is 0.264. The highest BCUT2D eigenvalue weighted by Crippen LogP contribution is 2.46. The Morgan fingerprint density at radius 2 is 0.925 bits per heavy atom. The molecule has 0 saturated heterocycles. The molecule has 0 aliphatic carbocycles. The van der Waals surface area contributed by atoms with Gasteiger partial charge in [0.2, 0.25) is 5.91 Å². The first-order chi connectivity index (χ1) is 38.5. The summed E-state index contributed by atoms with van der Waals surface area (Å²) >= 11 is 0. The zero-order chi connectivity index (χ0) is 60.0. The molecule has 80 heavy (non-hydrogen) atoms. The molecule has 0 radical (unpaired) electrons. The third-order valence-corrected chi connectivity index (χ3v) is 17.2. The molecule has 0 aliphatic rings. The molecule has 472 valence electrons. The molecule has 18 heteroatoms. The van der Waals surface area contributed by atoms with Crippen molar-refractivity contribution in [3.8, 4) is 0 Å². The first-order valence-electron chi connectivity index (χ1n) is 31.6. The van der Waals surface area contributed by atoms with Crippen LogP contribution in [0.2, 0.25) is 0 Å². The van der Waals surface area contributed by atoms with Crippen LogP contribution in [0.5, 0.6) is 0 Å². The summed E-state index contributed by atoms with van der Waals surface area (Å²) < 4.78 is 39.7. The molecular weight excluding hydrogens is 1050 g/mol. The number of unbranched alkanes of at least 4 members (excludes halogenated alkanes) is 20. The number of rotatable bonds is 56. The van der Waals surface area contributed by atoms with Crippen molar-refractivity contribution in [2.75, 3.05) is 59.3 Å². The molecule has 0 saturated carbocycles. The number of hydrogen-bond acceptors (Lipinski definition) is 13. The van der Waals surface area contributed by atoms with E-state index < -0.39 is 23.1 Å². The highest BCUT2D eigenvalue weighted by atomic mass is 31.2. The number of ketones is 1. The number of nitrogens with one attached hydrogen (secondary N) is 3. The summed E-state index contributed by atoms with van der Waals surface area (Å²) in [5.41, 5.74) is 0. The summed E-state index contributed by atoms with van der Waals surface area (Å²) in [7, 11) is -2.47. The minimum absolute atomic E-state index is 0.0518. The average molecular weight is 1180 g/mol. The van der Waals surface area contributed by atoms with Gasteiger partial charge in [0.25, 0.3) is 17.1 Å². The smallest absolute Gasteiger partial charge is 0.314 e. The van der Waals surface area contributed by atoms with E-state index in [1.807, 2.05) is 0 Å². The number of nitrogens with zero attached hydrogens (tertiary/aromatic N) is 2. The fourth-order valence-corrected chi connectivity index (χ4v) is 12.1. The van der Waals surface area contributed by atoms with E-state index in [1.165, 1.54) is 103 Å². The number of carbonyl (C=O) groups excluding carboxylic acids is 4. The highest BCUT2D eigenvalue weighted by molar-refractivity contribution is 7.44. The van der Waals surface area contributed by atoms with Crippen LogP contribution in [-0.2, 0) is 42.0 Å². The van der Waals surface area contributed by atoms with Crippen molar-refractivity contribution in [3.05, 3.63) is 25.3 Å². The van der Waals surface area contributed by atoms with Crippen molar-refractivity contribution < 1.29 is 51.9 Å². The highest BCUT2D eigenvalue weighted by Gasteiger charge is 2.28. The Labute approximate surface area is 492 Å². The molecule has 0 spiro atoms. The van der Waals surface area contributed by atoms with Crippen LogP contribution in [0.15, 0.2) is 25.3 Å². The van der Waals surface area contributed by atoms with Crippen LogP contribution in [0.25, 0.3) is 0 Å². The molecule has 0 fully saturated rings. The molecule has 2 unspecified atom stereocenters. The number of amides is 3. The maximum Gasteiger partial charge on any atom is 0.314 e. The second-order valence-electron chi connectivity index (χ2n) is 22.1. The van der Waals surface area contributed by atoms with E-state index in [1.54, 1.807) is 12.2 Å². The molecular formula is C62H123N5O11P2. The topological polar surface area (TPSA) is 186 Å². The predicted octanol–water partition coefficient (Wildman–Crippen LogP) is 15.4. The number of aliphatic hydroxyl groups is 1. The van der Waals surface area contributed by atoms with Gasteiger partial charge in [-0.3, -0.25) is 14.4 Å². The second kappa shape index (κ2) is 57.3. The van der Waals surface area contributed by atoms with Crippen LogP contribution in [0.1, 0.15) is 256 Å². The predicted molar refractivity (Wildman–Crippen MR) is 335 cm³/mol. The lowest BCUT2D eigenvalue weighted by atomic mass is 10.0. The molecule has 0 aliphatic heterocycles. The lowest BCUT2D eigenvalue weighted by Gasteiger charge is -2.35. The first kappa shape index (κ1) is 80.0. The Kier molecular flexibility index (Phi) is 57.3. The van der Waals surface area contributed by atoms with Gasteiger partial charge in [0.05, 0.1) is 58.7 Å². The van der Waals surface area contributed by atoms with Gasteiger partial charge in [-0.15, -0.1) is 13.2 Å². The lowest BCUT2D eigenvalue weighted by Crippen LogP contribution is -2.41. The monoisotopic (exact) mass is 1180 g/mol. The Morgan fingerprint density at radius 1 is 0.525 bits per heavy atom. The van der Waals surface area contributed by atoms with Crippen LogP contribution >= 0.6 is 17.1 Å². The number of Topliss-reactive ketones (excluding diaryl/α,β-unsaturated/α-hetero) is 1. The van der Waals surface area contributed by atoms with Crippen molar-refractivity contribution in [2.24, 2.45) is 0 Å². The van der Waals surface area contributed by atoms with Gasteiger partial charge in [0.1, 0.15) is 11.9 Å². The fourth-order valence-electron chi connectivity index (χ4n) is 8.98. The summed E-state index contributed by atoms with van der Waals surface area (Å²) in [5, 5.41) is 18.1. The molecule has 3 amide bonds. The minimum Gasteiger partial charge on any atom is -0.462 e. The first-order valence-corrected chi connectivity index (χ1v) is 33.9. The second-order valence-corrected chi connectivity index (χ2v) is 25.0. The largest absolute Gasteiger partial charge is 0.462 e. The van der Waals surface area contributed by atoms with Crippen molar-refractivity contribution in [1.82, 2.24) is 25.3 Å². The van der Waals surface area contributed by atoms with E-state index in [2.05, 4.69) is 115 Å². The number of hydrogen-bond donors (Lipinski definition) is 4. The van der Waals surface area contributed by atoms with Gasteiger partial charge in [-0.25, -0.2) is 14.1 Å². The summed E-state index contributed by atoms with van der Waals surface area (Å²) in [5.74, 6) is -0.530. The number of urea groups is 1. The van der Waals surface area contributed by atoms with Crippen molar-refractivity contribution in [1.29, 1.82) is 0 Å². The standard InChI is InChI=1S/C39H75NO6.C23H48N4O5P2/c1-4-7-10-13-15-17-19-22-24-27-36(42)32-38(43)40-35(33-41)34-45-31-30-37(28-25-21-12-9-6-3)46-39(44)29-26-23-20-18-16-14-11-8-5-2;1-11-15-29-33(26(19(3)4)20(5)6)31-17-13-24-23(28)25-14-18-32-34(30-16-12-2)27(21(7)8)22(9)10/h35,37,41H,4-34H2,1-3H3,(H,40,43);11-12,19-22H,1-2,13-18H2,3-10H3,(H2,24,25,28)/t35-,37+;/m0./s1. The van der Waals surface area contributed by atoms with Crippen LogP contribution in [0, 0.1) is 0 Å². The summed E-state index contributed by atoms with van der Waals surface area (Å²) in [4.78, 5) is 49.4. The number of esters is 1. The van der Waals surface area contributed by atoms with Crippen molar-refractivity contribution in [2.45, 2.75) is 292 Å². The van der Waals surface area contributed by atoms with E-state index in [4.69, 9.17) is 27.6 Å². The Bertz CT molecular complexity index is 1420. The van der Waals surface area contributed by atoms with Gasteiger partial charge in [0, 0.05) is 56.5 Å². The molecule has 4 atom stereocenters. The number of aliphatic hydroxyl groups excluding tert-OH is 1. The summed E-state index contributed by atoms with van der Waals surface area (Å²) in [6.07, 6.45) is 32.9. The molecule has 0 bridgehead atoms. The quantitative estimate of drug-likeness (QED) is 0.0148. The summed E-state index contributed by atoms with van der Waals surface area (Å²) in [6.45, 7) is 33.5. The third kappa shape index (κ3) is 48.3. The van der Waals surface area contributed by atoms with Gasteiger partial charge < -0.3 is 48.6 Å². The number of ether oxygens (including phenoxy) is 2. The van der Waals surface area contributed by atoms with Gasteiger partial charge >= 0.3 is 12.0 Å². The molecule has 0 aromatic rings. The molecule has 16 nitrogen and oxygen atoms in total. The van der Waals surface area contributed by atoms with E-state index in [-0.39, 0.29) is 73.6 Å². The fraction of sp³-hybridized carbons (Fsp3) is 0.871. The third-order valence-electron chi connectivity index (χ3n) is 13.1. The lowest BCUT2D eigenvalue weighted by molar-refractivity contribution is -0.150. The average Bonchev–Trinajstić information content (AvgIpc) is 3.41. The maximum absolute atomic E-state index is 12.6. The normalized spacial score (nSPS) is 13.1. The van der Waals surface area contributed by atoms with Crippen molar-refractivity contribution in [3.63, 3.8) is 0 Å². The van der Waals surface area contributed by atoms with Gasteiger partial charge in [-0.05, 0) is 81.1 Å². The maximum atomic E-state index is 12.6. The van der Waals surface area contributed by atoms with Crippen LogP contribution in [0.3, 0.4) is 0 Å². The Balaban J connectivity index is 0.